The molecule has 3 N–H and O–H groups in total. The zero-order valence-corrected chi connectivity index (χ0v) is 49.7. The number of benzene rings is 8. The summed E-state index contributed by atoms with van der Waals surface area (Å²) < 4.78 is 10.1. The third-order valence-electron chi connectivity index (χ3n) is 13.8. The van der Waals surface area contributed by atoms with E-state index in [9.17, 15) is 24.3 Å². The first-order valence-corrected chi connectivity index (χ1v) is 27.7. The number of esters is 2. The maximum absolute atomic E-state index is 12.8. The summed E-state index contributed by atoms with van der Waals surface area (Å²) in [6.45, 7) is 10.7. The van der Waals surface area contributed by atoms with Crippen LogP contribution in [0.1, 0.15) is 79.4 Å². The predicted molar refractivity (Wildman–Crippen MR) is 343 cm³/mol. The van der Waals surface area contributed by atoms with Gasteiger partial charge in [-0.3, -0.25) is 9.59 Å². The fraction of sp³-hybridized carbons (Fsp3) is 0.257. The lowest BCUT2D eigenvalue weighted by atomic mass is 9.82. The van der Waals surface area contributed by atoms with Crippen molar-refractivity contribution < 1.29 is 33.8 Å². The first-order valence-electron chi connectivity index (χ1n) is 27.7. The molecule has 0 aliphatic rings. The van der Waals surface area contributed by atoms with E-state index in [0.29, 0.717) is 30.4 Å². The Hall–Kier alpha value is -9.20. The number of hydrogen-bond donors (Lipinski definition) is 3. The SMILES string of the molecule is C=C(C)C(=O)OCCCC(=O)Nc1ccc(C(c2ccc(N(C)C)cc2)c2ccc(N(C)C)cc2)c2ccccc12.C=C(C)C(=O)OCCCC(=O)Nc1cccc2ccccc12.CN(C)c1ccc(C(O)c2ccc(N(C)C)cc2)cc1. The van der Waals surface area contributed by atoms with E-state index in [1.807, 2.05) is 181 Å². The third-order valence-corrected chi connectivity index (χ3v) is 13.8. The fourth-order valence-corrected chi connectivity index (χ4v) is 9.07. The highest BCUT2D eigenvalue weighted by Crippen LogP contribution is 2.40. The highest BCUT2D eigenvalue weighted by Gasteiger charge is 2.22. The van der Waals surface area contributed by atoms with Gasteiger partial charge in [0.05, 0.1) is 13.2 Å². The van der Waals surface area contributed by atoms with Crippen LogP contribution in [0.3, 0.4) is 0 Å². The molecule has 0 unspecified atom stereocenters. The molecule has 0 saturated carbocycles. The Bertz CT molecular complexity index is 3360. The summed E-state index contributed by atoms with van der Waals surface area (Å²) in [7, 11) is 16.2. The lowest BCUT2D eigenvalue weighted by Gasteiger charge is -2.24. The minimum absolute atomic E-state index is 0.0000728. The van der Waals surface area contributed by atoms with E-state index in [-0.39, 0.29) is 37.4 Å². The van der Waals surface area contributed by atoms with Crippen LogP contribution in [-0.4, -0.2) is 98.5 Å². The van der Waals surface area contributed by atoms with E-state index in [4.69, 9.17) is 9.47 Å². The van der Waals surface area contributed by atoms with E-state index in [1.54, 1.807) is 13.8 Å². The molecule has 0 aliphatic heterocycles. The molecule has 2 amide bonds. The van der Waals surface area contributed by atoms with Gasteiger partial charge in [0.15, 0.2) is 0 Å². The predicted octanol–water partition coefficient (Wildman–Crippen LogP) is 13.6. The molecule has 0 spiro atoms. The molecule has 8 aromatic rings. The van der Waals surface area contributed by atoms with Crippen LogP contribution in [0.4, 0.5) is 34.1 Å². The van der Waals surface area contributed by atoms with Crippen molar-refractivity contribution in [3.05, 3.63) is 228 Å². The minimum atomic E-state index is -0.581. The molecule has 0 saturated heterocycles. The minimum Gasteiger partial charge on any atom is -0.462 e. The average Bonchev–Trinajstić information content (AvgIpc) is 3.09. The Morgan fingerprint density at radius 3 is 1.18 bits per heavy atom. The summed E-state index contributed by atoms with van der Waals surface area (Å²) in [4.78, 5) is 55.8. The number of nitrogens with one attached hydrogen (secondary N) is 2. The highest BCUT2D eigenvalue weighted by atomic mass is 16.5. The zero-order chi connectivity index (χ0) is 60.2. The number of nitrogens with zero attached hydrogens (tertiary/aromatic N) is 4. The number of fused-ring (bicyclic) bond motifs is 2. The molecule has 8 rings (SSSR count). The van der Waals surface area contributed by atoms with Gasteiger partial charge in [-0.15, -0.1) is 0 Å². The van der Waals surface area contributed by atoms with E-state index in [1.165, 1.54) is 16.7 Å². The molecule has 0 heterocycles. The van der Waals surface area contributed by atoms with Crippen LogP contribution in [0.2, 0.25) is 0 Å². The fourth-order valence-electron chi connectivity index (χ4n) is 9.07. The van der Waals surface area contributed by atoms with Gasteiger partial charge in [-0.2, -0.15) is 0 Å². The molecule has 0 aliphatic carbocycles. The van der Waals surface area contributed by atoms with Crippen molar-refractivity contribution in [1.29, 1.82) is 0 Å². The van der Waals surface area contributed by atoms with Crippen LogP contribution in [0.25, 0.3) is 21.5 Å². The maximum Gasteiger partial charge on any atom is 0.333 e. The van der Waals surface area contributed by atoms with Crippen molar-refractivity contribution in [2.24, 2.45) is 0 Å². The second-order valence-corrected chi connectivity index (χ2v) is 21.2. The molecular formula is C70H80N6O7. The molecular weight excluding hydrogens is 1040 g/mol. The molecule has 13 nitrogen and oxygen atoms in total. The second-order valence-electron chi connectivity index (χ2n) is 21.2. The van der Waals surface area contributed by atoms with E-state index >= 15 is 0 Å². The third kappa shape index (κ3) is 18.1. The summed E-state index contributed by atoms with van der Waals surface area (Å²) in [6, 6.07) is 59.4. The first-order chi connectivity index (χ1) is 39.7. The molecule has 0 fully saturated rings. The largest absolute Gasteiger partial charge is 0.462 e. The van der Waals surface area contributed by atoms with Crippen LogP contribution in [-0.2, 0) is 28.7 Å². The maximum atomic E-state index is 12.8. The summed E-state index contributed by atoms with van der Waals surface area (Å²) in [5.41, 5.74) is 12.2. The van der Waals surface area contributed by atoms with Crippen LogP contribution in [0, 0.1) is 0 Å². The molecule has 83 heavy (non-hydrogen) atoms. The van der Waals surface area contributed by atoms with Gasteiger partial charge < -0.3 is 44.8 Å². The van der Waals surface area contributed by atoms with Gasteiger partial charge in [-0.05, 0) is 126 Å². The van der Waals surface area contributed by atoms with Gasteiger partial charge in [0.2, 0.25) is 11.8 Å². The highest BCUT2D eigenvalue weighted by molar-refractivity contribution is 6.04. The van der Waals surface area contributed by atoms with Crippen molar-refractivity contribution in [3.63, 3.8) is 0 Å². The Morgan fingerprint density at radius 2 is 0.783 bits per heavy atom. The molecule has 0 radical (unpaired) electrons. The number of aliphatic hydroxyl groups is 1. The summed E-state index contributed by atoms with van der Waals surface area (Å²) in [5, 5.41) is 20.5. The molecule has 432 valence electrons. The van der Waals surface area contributed by atoms with Gasteiger partial charge in [0.1, 0.15) is 6.10 Å². The van der Waals surface area contributed by atoms with Crippen LogP contribution in [0.15, 0.2) is 200 Å². The smallest absolute Gasteiger partial charge is 0.333 e. The number of hydrogen-bond acceptors (Lipinski definition) is 11. The van der Waals surface area contributed by atoms with Gasteiger partial charge in [0, 0.05) is 131 Å². The molecule has 0 aromatic heterocycles. The Labute approximate surface area is 490 Å². The van der Waals surface area contributed by atoms with Crippen molar-refractivity contribution in [2.75, 3.05) is 99.8 Å². The monoisotopic (exact) mass is 1120 g/mol. The number of amides is 2. The van der Waals surface area contributed by atoms with Crippen molar-refractivity contribution >= 4 is 79.4 Å². The quantitative estimate of drug-likeness (QED) is 0.0274. The second kappa shape index (κ2) is 30.6. The lowest BCUT2D eigenvalue weighted by molar-refractivity contribution is -0.140. The van der Waals surface area contributed by atoms with Gasteiger partial charge in [-0.1, -0.05) is 128 Å². The van der Waals surface area contributed by atoms with Crippen molar-refractivity contribution in [2.45, 2.75) is 51.6 Å². The standard InChI is InChI=1S/C35H39N3O3.C18H19NO3.C17H22N2O/c1-24(2)35(40)41-23-9-12-33(39)36-32-22-21-31(29-10-7-8-11-30(29)32)34(25-13-17-27(18-14-25)37(3)4)26-15-19-28(20-16-26)38(5)6;1-13(2)18(21)22-12-6-11-17(20)19-16-10-5-8-14-7-3-4-9-15(14)16;1-18(2)15-9-5-13(6-10-15)17(20)14-7-11-16(12-8-14)19(3)4/h7-8,10-11,13-22,34H,1,9,12,23H2,2-6H3,(H,36,39);3-5,7-10H,1,6,11-12H2,2H3,(H,19,20);5-12,17,20H,1-4H3. The summed E-state index contributed by atoms with van der Waals surface area (Å²) in [6.07, 6.45) is 0.887. The summed E-state index contributed by atoms with van der Waals surface area (Å²) >= 11 is 0. The Morgan fingerprint density at radius 1 is 0.434 bits per heavy atom. The Balaban J connectivity index is 0.000000221. The van der Waals surface area contributed by atoms with Crippen molar-refractivity contribution in [1.82, 2.24) is 0 Å². The zero-order valence-electron chi connectivity index (χ0n) is 49.7. The molecule has 0 bridgehead atoms. The average molecular weight is 1120 g/mol. The Kier molecular flexibility index (Phi) is 23.2. The number of anilines is 6. The van der Waals surface area contributed by atoms with E-state index in [2.05, 4.69) is 94.3 Å². The van der Waals surface area contributed by atoms with E-state index in [0.717, 1.165) is 66.8 Å². The van der Waals surface area contributed by atoms with Gasteiger partial charge >= 0.3 is 11.9 Å². The number of rotatable bonds is 21. The van der Waals surface area contributed by atoms with E-state index < -0.39 is 18.0 Å². The first kappa shape index (κ1) is 63.0. The molecule has 13 heteroatoms. The van der Waals surface area contributed by atoms with Crippen molar-refractivity contribution in [3.8, 4) is 0 Å². The lowest BCUT2D eigenvalue weighted by Crippen LogP contribution is -2.14. The van der Waals surface area contributed by atoms with Crippen LogP contribution in [0.5, 0.6) is 0 Å². The van der Waals surface area contributed by atoms with Crippen LogP contribution >= 0.6 is 0 Å². The number of ether oxygens (including phenoxy) is 2. The number of carbonyl (C=O) groups is 4. The summed E-state index contributed by atoms with van der Waals surface area (Å²) in [5.74, 6) is -1.07. The van der Waals surface area contributed by atoms with Gasteiger partial charge in [0.25, 0.3) is 0 Å². The molecule has 8 aromatic carbocycles. The van der Waals surface area contributed by atoms with Gasteiger partial charge in [-0.25, -0.2) is 9.59 Å². The molecule has 0 atom stereocenters. The number of carbonyl (C=O) groups excluding carboxylic acids is 4. The topological polar surface area (TPSA) is 144 Å². The number of aliphatic hydroxyl groups excluding tert-OH is 1. The normalized spacial score (nSPS) is 10.7. The van der Waals surface area contributed by atoms with Crippen LogP contribution < -0.4 is 30.2 Å².